The zero-order valence-corrected chi connectivity index (χ0v) is 9.80. The number of hydrogen-bond acceptors (Lipinski definition) is 3. The van der Waals surface area contributed by atoms with Gasteiger partial charge in [0.05, 0.1) is 12.0 Å². The molecule has 2 N–H and O–H groups in total. The Labute approximate surface area is 103 Å². The fourth-order valence-corrected chi connectivity index (χ4v) is 1.93. The summed E-state index contributed by atoms with van der Waals surface area (Å²) in [7, 11) is 1.87. The summed E-state index contributed by atoms with van der Waals surface area (Å²) in [5.74, 6) is 0.288. The number of hydrogen-bond donors (Lipinski definition) is 1. The fourth-order valence-electron chi connectivity index (χ4n) is 1.93. The molecule has 1 atom stereocenters. The number of nitrogens with two attached hydrogens (primary N) is 1. The van der Waals surface area contributed by atoms with Gasteiger partial charge in [-0.1, -0.05) is 0 Å². The molecule has 0 bridgehead atoms. The smallest absolute Gasteiger partial charge is 0.134 e. The van der Waals surface area contributed by atoms with Gasteiger partial charge >= 0.3 is 0 Å². The molecule has 0 fully saturated rings. The van der Waals surface area contributed by atoms with Gasteiger partial charge in [0.15, 0.2) is 0 Å². The largest absolute Gasteiger partial charge is 0.459 e. The summed E-state index contributed by atoms with van der Waals surface area (Å²) in [6, 6.07) is 5.69. The molecule has 92 valence electrons. The van der Waals surface area contributed by atoms with Crippen molar-refractivity contribution in [2.45, 2.75) is 6.04 Å². The van der Waals surface area contributed by atoms with Crippen molar-refractivity contribution in [2.24, 2.45) is 12.8 Å². The van der Waals surface area contributed by atoms with Crippen LogP contribution in [0.3, 0.4) is 0 Å². The van der Waals surface area contributed by atoms with Crippen LogP contribution in [0.4, 0.5) is 4.39 Å². The van der Waals surface area contributed by atoms with Crippen molar-refractivity contribution in [1.82, 2.24) is 9.55 Å². The topological polar surface area (TPSA) is 57.0 Å². The Kier molecular flexibility index (Phi) is 2.41. The number of halogens is 1. The standard InChI is InChI=1S/C13H12FN3O/c1-17-6-10(16-7-17)13(15)12-5-8-4-9(14)2-3-11(8)18-12/h2-7,13H,15H2,1H3. The molecule has 0 radical (unpaired) electrons. The molecule has 2 aromatic heterocycles. The Bertz CT molecular complexity index is 701. The van der Waals surface area contributed by atoms with Crippen molar-refractivity contribution in [1.29, 1.82) is 0 Å². The molecule has 0 aliphatic carbocycles. The lowest BCUT2D eigenvalue weighted by molar-refractivity contribution is 0.521. The quantitative estimate of drug-likeness (QED) is 0.754. The minimum atomic E-state index is -0.443. The lowest BCUT2D eigenvalue weighted by Gasteiger charge is -2.03. The molecule has 0 aliphatic heterocycles. The summed E-state index contributed by atoms with van der Waals surface area (Å²) in [5, 5.41) is 0.705. The molecule has 0 saturated carbocycles. The summed E-state index contributed by atoms with van der Waals surface area (Å²) in [4.78, 5) is 4.18. The molecule has 0 aliphatic rings. The number of furan rings is 1. The van der Waals surface area contributed by atoms with Crippen molar-refractivity contribution in [2.75, 3.05) is 0 Å². The van der Waals surface area contributed by atoms with E-state index in [2.05, 4.69) is 4.98 Å². The van der Waals surface area contributed by atoms with Crippen molar-refractivity contribution in [3.8, 4) is 0 Å². The highest BCUT2D eigenvalue weighted by Gasteiger charge is 2.16. The van der Waals surface area contributed by atoms with Crippen LogP contribution in [0.25, 0.3) is 11.0 Å². The molecular formula is C13H12FN3O. The number of aryl methyl sites for hydroxylation is 1. The second-order valence-corrected chi connectivity index (χ2v) is 4.27. The van der Waals surface area contributed by atoms with Gasteiger partial charge in [0.1, 0.15) is 23.2 Å². The maximum absolute atomic E-state index is 13.1. The molecular weight excluding hydrogens is 233 g/mol. The molecule has 0 amide bonds. The molecule has 0 saturated heterocycles. The minimum Gasteiger partial charge on any atom is -0.459 e. The van der Waals surface area contributed by atoms with E-state index in [4.69, 9.17) is 10.2 Å². The highest BCUT2D eigenvalue weighted by Crippen LogP contribution is 2.26. The van der Waals surface area contributed by atoms with Crippen molar-refractivity contribution in [3.63, 3.8) is 0 Å². The third-order valence-corrected chi connectivity index (χ3v) is 2.85. The molecule has 0 spiro atoms. The maximum atomic E-state index is 13.1. The number of fused-ring (bicyclic) bond motifs is 1. The Balaban J connectivity index is 2.03. The van der Waals surface area contributed by atoms with Gasteiger partial charge in [0.2, 0.25) is 0 Å². The van der Waals surface area contributed by atoms with Crippen molar-refractivity contribution >= 4 is 11.0 Å². The highest BCUT2D eigenvalue weighted by molar-refractivity contribution is 5.78. The average Bonchev–Trinajstić information content (AvgIpc) is 2.93. The summed E-state index contributed by atoms with van der Waals surface area (Å²) in [6.07, 6.45) is 3.51. The van der Waals surface area contributed by atoms with E-state index in [0.717, 1.165) is 5.69 Å². The number of benzene rings is 1. The Morgan fingerprint density at radius 3 is 2.94 bits per heavy atom. The van der Waals surface area contributed by atoms with Crippen LogP contribution in [-0.4, -0.2) is 9.55 Å². The van der Waals surface area contributed by atoms with E-state index in [-0.39, 0.29) is 5.82 Å². The van der Waals surface area contributed by atoms with Crippen LogP contribution >= 0.6 is 0 Å². The Hall–Kier alpha value is -2.14. The first-order valence-electron chi connectivity index (χ1n) is 5.56. The van der Waals surface area contributed by atoms with Crippen molar-refractivity contribution < 1.29 is 8.81 Å². The van der Waals surface area contributed by atoms with E-state index in [9.17, 15) is 4.39 Å². The lowest BCUT2D eigenvalue weighted by Crippen LogP contribution is -2.11. The molecule has 18 heavy (non-hydrogen) atoms. The second-order valence-electron chi connectivity index (χ2n) is 4.27. The lowest BCUT2D eigenvalue weighted by atomic mass is 10.1. The summed E-state index contributed by atoms with van der Waals surface area (Å²) >= 11 is 0. The van der Waals surface area contributed by atoms with Crippen LogP contribution in [0.5, 0.6) is 0 Å². The number of aromatic nitrogens is 2. The van der Waals surface area contributed by atoms with Gasteiger partial charge < -0.3 is 14.7 Å². The Morgan fingerprint density at radius 2 is 2.22 bits per heavy atom. The van der Waals surface area contributed by atoms with Crippen LogP contribution < -0.4 is 5.73 Å². The van der Waals surface area contributed by atoms with Gasteiger partial charge in [-0.15, -0.1) is 0 Å². The van der Waals surface area contributed by atoms with Crippen LogP contribution in [0.2, 0.25) is 0 Å². The predicted octanol–water partition coefficient (Wildman–Crippen LogP) is 2.35. The van der Waals surface area contributed by atoms with Gasteiger partial charge in [0.25, 0.3) is 0 Å². The molecule has 2 heterocycles. The predicted molar refractivity (Wildman–Crippen MR) is 65.4 cm³/mol. The third kappa shape index (κ3) is 1.78. The molecule has 4 nitrogen and oxygen atoms in total. The van der Waals surface area contributed by atoms with Crippen LogP contribution in [-0.2, 0) is 7.05 Å². The van der Waals surface area contributed by atoms with Crippen LogP contribution in [0, 0.1) is 5.82 Å². The first kappa shape index (κ1) is 11.0. The highest BCUT2D eigenvalue weighted by atomic mass is 19.1. The first-order chi connectivity index (χ1) is 8.63. The maximum Gasteiger partial charge on any atom is 0.134 e. The molecule has 1 aromatic carbocycles. The average molecular weight is 245 g/mol. The van der Waals surface area contributed by atoms with E-state index in [1.54, 1.807) is 18.5 Å². The number of imidazole rings is 1. The van der Waals surface area contributed by atoms with Crippen LogP contribution in [0.1, 0.15) is 17.5 Å². The van der Waals surface area contributed by atoms with Gasteiger partial charge in [0, 0.05) is 18.6 Å². The zero-order valence-electron chi connectivity index (χ0n) is 9.80. The van der Waals surface area contributed by atoms with Crippen LogP contribution in [0.15, 0.2) is 41.2 Å². The SMILES string of the molecule is Cn1cnc(C(N)c2cc3cc(F)ccc3o2)c1. The zero-order chi connectivity index (χ0) is 12.7. The van der Waals surface area contributed by atoms with E-state index >= 15 is 0 Å². The van der Waals surface area contributed by atoms with E-state index < -0.39 is 6.04 Å². The van der Waals surface area contributed by atoms with Gasteiger partial charge in [-0.05, 0) is 24.3 Å². The van der Waals surface area contributed by atoms with Gasteiger partial charge in [-0.2, -0.15) is 0 Å². The number of nitrogens with zero attached hydrogens (tertiary/aromatic N) is 2. The van der Waals surface area contributed by atoms with E-state index in [1.165, 1.54) is 12.1 Å². The van der Waals surface area contributed by atoms with Gasteiger partial charge in [-0.3, -0.25) is 0 Å². The first-order valence-corrected chi connectivity index (χ1v) is 5.56. The summed E-state index contributed by atoms with van der Waals surface area (Å²) in [6.45, 7) is 0. The number of rotatable bonds is 2. The minimum absolute atomic E-state index is 0.291. The fraction of sp³-hybridized carbons (Fsp3) is 0.154. The van der Waals surface area contributed by atoms with Crippen molar-refractivity contribution in [3.05, 3.63) is 54.1 Å². The molecule has 1 unspecified atom stereocenters. The second kappa shape index (κ2) is 3.96. The summed E-state index contributed by atoms with van der Waals surface area (Å²) < 4.78 is 20.5. The monoisotopic (exact) mass is 245 g/mol. The molecule has 3 aromatic rings. The normalized spacial score (nSPS) is 13.1. The molecule has 5 heteroatoms. The van der Waals surface area contributed by atoms with E-state index in [0.29, 0.717) is 16.7 Å². The molecule has 3 rings (SSSR count). The summed E-state index contributed by atoms with van der Waals surface area (Å²) in [5.41, 5.74) is 7.41. The van der Waals surface area contributed by atoms with E-state index in [1.807, 2.05) is 17.8 Å². The Morgan fingerprint density at radius 1 is 1.39 bits per heavy atom. The third-order valence-electron chi connectivity index (χ3n) is 2.85. The van der Waals surface area contributed by atoms with Gasteiger partial charge in [-0.25, -0.2) is 9.37 Å².